The van der Waals surface area contributed by atoms with Crippen LogP contribution < -0.4 is 4.74 Å². The summed E-state index contributed by atoms with van der Waals surface area (Å²) in [6.07, 6.45) is 2.63. The number of ether oxygens (including phenoxy) is 2. The fourth-order valence-corrected chi connectivity index (χ4v) is 4.47. The second-order valence-electron chi connectivity index (χ2n) is 8.95. The van der Waals surface area contributed by atoms with Gasteiger partial charge in [-0.25, -0.2) is 14.6 Å². The van der Waals surface area contributed by atoms with Crippen LogP contribution >= 0.6 is 11.6 Å². The van der Waals surface area contributed by atoms with Gasteiger partial charge in [-0.3, -0.25) is 0 Å². The molecule has 0 aliphatic rings. The summed E-state index contributed by atoms with van der Waals surface area (Å²) in [7, 11) is 0. The van der Waals surface area contributed by atoms with E-state index < -0.39 is 11.9 Å². The minimum atomic E-state index is -1.01. The molecule has 1 aromatic heterocycles. The maximum absolute atomic E-state index is 12.1. The molecule has 0 atom stereocenters. The minimum absolute atomic E-state index is 0.0762. The largest absolute Gasteiger partial charge is 0.478 e. The van der Waals surface area contributed by atoms with Gasteiger partial charge in [-0.2, -0.15) is 0 Å². The van der Waals surface area contributed by atoms with Crippen molar-refractivity contribution in [1.82, 2.24) is 9.55 Å². The van der Waals surface area contributed by atoms with Crippen LogP contribution in [0.3, 0.4) is 0 Å². The Morgan fingerprint density at radius 3 is 2.38 bits per heavy atom. The van der Waals surface area contributed by atoms with Crippen LogP contribution in [0.5, 0.6) is 5.75 Å². The Hall–Kier alpha value is -4.14. The Morgan fingerprint density at radius 1 is 0.974 bits per heavy atom. The molecule has 0 unspecified atom stereocenters. The van der Waals surface area contributed by atoms with Crippen molar-refractivity contribution in [1.29, 1.82) is 0 Å². The van der Waals surface area contributed by atoms with E-state index in [4.69, 9.17) is 26.2 Å². The molecule has 0 aliphatic carbocycles. The number of aromatic nitrogens is 2. The standard InChI is InChI=1S/C30H29ClN2O6/c1-2-3-9-27-32-28(31)26(18-38-19-39-23-13-11-22(12-14-23)29(34)35)33(27)17-20-10-15-24(25(16-20)30(36)37)21-7-5-4-6-8-21/h4-8,10-16H,2-3,9,17-19H2,1H3,(H,34,35)(H,36,37). The number of imidazole rings is 1. The highest BCUT2D eigenvalue weighted by Crippen LogP contribution is 2.27. The first kappa shape index (κ1) is 27.9. The molecule has 4 rings (SSSR count). The molecule has 0 saturated carbocycles. The summed E-state index contributed by atoms with van der Waals surface area (Å²) >= 11 is 6.52. The average Bonchev–Trinajstić information content (AvgIpc) is 3.23. The first-order valence-corrected chi connectivity index (χ1v) is 12.9. The highest BCUT2D eigenvalue weighted by atomic mass is 35.5. The number of hydrogen-bond donors (Lipinski definition) is 2. The van der Waals surface area contributed by atoms with Crippen LogP contribution in [-0.4, -0.2) is 38.5 Å². The van der Waals surface area contributed by atoms with Crippen molar-refractivity contribution in [2.75, 3.05) is 6.79 Å². The van der Waals surface area contributed by atoms with E-state index in [2.05, 4.69) is 11.9 Å². The first-order valence-electron chi connectivity index (χ1n) is 12.6. The van der Waals surface area contributed by atoms with Crippen LogP contribution in [-0.2, 0) is 24.3 Å². The summed E-state index contributed by atoms with van der Waals surface area (Å²) in [5.74, 6) is -0.731. The van der Waals surface area contributed by atoms with E-state index >= 15 is 0 Å². The summed E-state index contributed by atoms with van der Waals surface area (Å²) in [5, 5.41) is 19.3. The lowest BCUT2D eigenvalue weighted by atomic mass is 9.97. The van der Waals surface area contributed by atoms with Crippen molar-refractivity contribution in [2.45, 2.75) is 39.3 Å². The van der Waals surface area contributed by atoms with E-state index in [9.17, 15) is 14.7 Å². The molecule has 0 aliphatic heterocycles. The summed E-state index contributed by atoms with van der Waals surface area (Å²) in [6.45, 7) is 2.53. The number of carbonyl (C=O) groups is 2. The Balaban J connectivity index is 1.53. The molecule has 0 radical (unpaired) electrons. The highest BCUT2D eigenvalue weighted by Gasteiger charge is 2.18. The van der Waals surface area contributed by atoms with Crippen LogP contribution in [0.25, 0.3) is 11.1 Å². The predicted octanol–water partition coefficient (Wildman–Crippen LogP) is 6.54. The number of hydrogen-bond acceptors (Lipinski definition) is 5. The Morgan fingerprint density at radius 2 is 1.72 bits per heavy atom. The minimum Gasteiger partial charge on any atom is -0.478 e. The SMILES string of the molecule is CCCCc1nc(Cl)c(COCOc2ccc(C(=O)O)cc2)n1Cc1ccc(-c2ccccc2)c(C(=O)O)c1. The number of rotatable bonds is 13. The second-order valence-corrected chi connectivity index (χ2v) is 9.30. The van der Waals surface area contributed by atoms with E-state index in [-0.39, 0.29) is 24.5 Å². The van der Waals surface area contributed by atoms with Crippen LogP contribution in [0.2, 0.25) is 5.15 Å². The lowest BCUT2D eigenvalue weighted by molar-refractivity contribution is 0.00262. The molecule has 39 heavy (non-hydrogen) atoms. The zero-order valence-electron chi connectivity index (χ0n) is 21.5. The maximum atomic E-state index is 12.1. The molecule has 0 saturated heterocycles. The zero-order chi connectivity index (χ0) is 27.8. The van der Waals surface area contributed by atoms with Gasteiger partial charge in [0.05, 0.1) is 23.4 Å². The number of aromatic carboxylic acids is 2. The summed E-state index contributed by atoms with van der Waals surface area (Å²) in [5.41, 5.74) is 3.34. The molecule has 2 N–H and O–H groups in total. The van der Waals surface area contributed by atoms with E-state index in [1.807, 2.05) is 47.0 Å². The molecular formula is C30H29ClN2O6. The van der Waals surface area contributed by atoms with Crippen molar-refractivity contribution in [3.8, 4) is 16.9 Å². The van der Waals surface area contributed by atoms with Crippen molar-refractivity contribution in [3.05, 3.63) is 106 Å². The smallest absolute Gasteiger partial charge is 0.336 e. The lowest BCUT2D eigenvalue weighted by Crippen LogP contribution is -2.12. The number of carboxylic acid groups (broad SMARTS) is 2. The molecule has 1 heterocycles. The molecule has 0 spiro atoms. The lowest BCUT2D eigenvalue weighted by Gasteiger charge is -2.15. The van der Waals surface area contributed by atoms with Crippen LogP contribution in [0.15, 0.2) is 72.8 Å². The average molecular weight is 549 g/mol. The molecule has 4 aromatic rings. The van der Waals surface area contributed by atoms with Crippen molar-refractivity contribution >= 4 is 23.5 Å². The molecule has 0 fully saturated rings. The molecule has 202 valence electrons. The Bertz CT molecular complexity index is 1430. The number of aryl methyl sites for hydroxylation is 1. The molecule has 0 bridgehead atoms. The fourth-order valence-electron chi connectivity index (χ4n) is 4.22. The maximum Gasteiger partial charge on any atom is 0.336 e. The van der Waals surface area contributed by atoms with Gasteiger partial charge in [0.1, 0.15) is 11.6 Å². The molecule has 3 aromatic carbocycles. The normalized spacial score (nSPS) is 10.9. The zero-order valence-corrected chi connectivity index (χ0v) is 22.2. The summed E-state index contributed by atoms with van der Waals surface area (Å²) < 4.78 is 13.3. The number of benzene rings is 3. The second kappa shape index (κ2) is 13.1. The monoisotopic (exact) mass is 548 g/mol. The molecule has 9 heteroatoms. The summed E-state index contributed by atoms with van der Waals surface area (Å²) in [4.78, 5) is 27.7. The first-order chi connectivity index (χ1) is 18.9. The third-order valence-electron chi connectivity index (χ3n) is 6.25. The van der Waals surface area contributed by atoms with Gasteiger partial charge in [-0.05, 0) is 53.4 Å². The quantitative estimate of drug-likeness (QED) is 0.144. The Labute approximate surface area is 231 Å². The highest BCUT2D eigenvalue weighted by molar-refractivity contribution is 6.30. The van der Waals surface area contributed by atoms with Gasteiger partial charge in [0, 0.05) is 13.0 Å². The van der Waals surface area contributed by atoms with Gasteiger partial charge in [0.15, 0.2) is 11.9 Å². The molecule has 0 amide bonds. The van der Waals surface area contributed by atoms with Gasteiger partial charge in [0.25, 0.3) is 0 Å². The predicted molar refractivity (Wildman–Crippen MR) is 147 cm³/mol. The van der Waals surface area contributed by atoms with Crippen LogP contribution in [0.1, 0.15) is 57.6 Å². The van der Waals surface area contributed by atoms with Gasteiger partial charge in [-0.1, -0.05) is 67.4 Å². The number of nitrogens with zero attached hydrogens (tertiary/aromatic N) is 2. The van der Waals surface area contributed by atoms with Gasteiger partial charge < -0.3 is 24.3 Å². The van der Waals surface area contributed by atoms with Crippen molar-refractivity contribution in [2.24, 2.45) is 0 Å². The van der Waals surface area contributed by atoms with Crippen LogP contribution in [0, 0.1) is 0 Å². The topological polar surface area (TPSA) is 111 Å². The van der Waals surface area contributed by atoms with E-state index in [0.717, 1.165) is 36.2 Å². The number of unbranched alkanes of at least 4 members (excludes halogenated alkanes) is 1. The molecular weight excluding hydrogens is 520 g/mol. The van der Waals surface area contributed by atoms with Crippen LogP contribution in [0.4, 0.5) is 0 Å². The third kappa shape index (κ3) is 7.04. The fraction of sp³-hybridized carbons (Fsp3) is 0.233. The van der Waals surface area contributed by atoms with Gasteiger partial charge in [0.2, 0.25) is 0 Å². The number of carboxylic acids is 2. The Kier molecular flexibility index (Phi) is 9.35. The van der Waals surface area contributed by atoms with Crippen molar-refractivity contribution < 1.29 is 29.3 Å². The van der Waals surface area contributed by atoms with Gasteiger partial charge in [-0.15, -0.1) is 0 Å². The van der Waals surface area contributed by atoms with E-state index in [1.165, 1.54) is 12.1 Å². The van der Waals surface area contributed by atoms with E-state index in [1.54, 1.807) is 18.2 Å². The van der Waals surface area contributed by atoms with E-state index in [0.29, 0.717) is 28.7 Å². The number of halogens is 1. The van der Waals surface area contributed by atoms with Crippen molar-refractivity contribution in [3.63, 3.8) is 0 Å². The van der Waals surface area contributed by atoms with Gasteiger partial charge >= 0.3 is 11.9 Å². The summed E-state index contributed by atoms with van der Waals surface area (Å²) in [6, 6.07) is 20.9. The third-order valence-corrected chi connectivity index (χ3v) is 6.55. The molecule has 8 nitrogen and oxygen atoms in total.